The first-order chi connectivity index (χ1) is 11.1. The van der Waals surface area contributed by atoms with Crippen LogP contribution >= 0.6 is 0 Å². The molecule has 0 amide bonds. The number of aromatic nitrogens is 1. The lowest BCUT2D eigenvalue weighted by Crippen LogP contribution is -2.26. The number of nitro benzene ring substituents is 1. The first-order valence-electron chi connectivity index (χ1n) is 7.28. The molecular weight excluding hydrogens is 298 g/mol. The fourth-order valence-electron chi connectivity index (χ4n) is 2.25. The van der Waals surface area contributed by atoms with Crippen molar-refractivity contribution in [3.63, 3.8) is 0 Å². The largest absolute Gasteiger partial charge is 0.508 e. The smallest absolute Gasteiger partial charge is 0.270 e. The number of rotatable bonds is 8. The molecule has 0 saturated carbocycles. The molecule has 1 aromatic heterocycles. The van der Waals surface area contributed by atoms with Crippen molar-refractivity contribution in [3.8, 4) is 5.75 Å². The molecule has 0 radical (unpaired) electrons. The summed E-state index contributed by atoms with van der Waals surface area (Å²) >= 11 is 0. The average Bonchev–Trinajstić information content (AvgIpc) is 2.56. The van der Waals surface area contributed by atoms with Gasteiger partial charge in [0.05, 0.1) is 4.92 Å². The molecule has 7 nitrogen and oxygen atoms in total. The minimum atomic E-state index is -0.499. The summed E-state index contributed by atoms with van der Waals surface area (Å²) in [5, 5.41) is 33.1. The van der Waals surface area contributed by atoms with E-state index < -0.39 is 4.92 Å². The normalized spacial score (nSPS) is 12.0. The summed E-state index contributed by atoms with van der Waals surface area (Å²) < 4.78 is 0. The number of hydrogen-bond donors (Lipinski definition) is 3. The molecule has 122 valence electrons. The van der Waals surface area contributed by atoms with Crippen LogP contribution in [0.3, 0.4) is 0 Å². The highest BCUT2D eigenvalue weighted by atomic mass is 16.6. The van der Waals surface area contributed by atoms with Gasteiger partial charge in [-0.1, -0.05) is 6.07 Å². The molecule has 0 aliphatic heterocycles. The number of phenolic OH excluding ortho intramolecular Hbond substituents is 1. The molecule has 1 aromatic carbocycles. The van der Waals surface area contributed by atoms with E-state index in [2.05, 4.69) is 10.3 Å². The van der Waals surface area contributed by atoms with Gasteiger partial charge in [0.15, 0.2) is 0 Å². The van der Waals surface area contributed by atoms with Gasteiger partial charge in [-0.3, -0.25) is 15.1 Å². The van der Waals surface area contributed by atoms with Crippen LogP contribution in [0.4, 0.5) is 5.69 Å². The maximum atomic E-state index is 10.8. The zero-order chi connectivity index (χ0) is 16.7. The Morgan fingerprint density at radius 1 is 1.30 bits per heavy atom. The van der Waals surface area contributed by atoms with Gasteiger partial charge in [0.1, 0.15) is 5.75 Å². The zero-order valence-corrected chi connectivity index (χ0v) is 12.6. The van der Waals surface area contributed by atoms with E-state index in [1.54, 1.807) is 6.20 Å². The van der Waals surface area contributed by atoms with E-state index in [0.717, 1.165) is 5.69 Å². The second kappa shape index (κ2) is 8.21. The van der Waals surface area contributed by atoms with Crippen molar-refractivity contribution in [1.29, 1.82) is 0 Å². The van der Waals surface area contributed by atoms with Crippen molar-refractivity contribution in [2.75, 3.05) is 13.2 Å². The predicted octanol–water partition coefficient (Wildman–Crippen LogP) is 1.64. The topological polar surface area (TPSA) is 109 Å². The first-order valence-corrected chi connectivity index (χ1v) is 7.28. The van der Waals surface area contributed by atoms with Crippen LogP contribution in [-0.2, 0) is 13.0 Å². The third kappa shape index (κ3) is 5.01. The number of non-ortho nitro benzene ring substituents is 1. The second-order valence-corrected chi connectivity index (χ2v) is 5.27. The molecule has 0 spiro atoms. The molecule has 0 aliphatic rings. The van der Waals surface area contributed by atoms with Crippen LogP contribution in [0.2, 0.25) is 0 Å². The molecule has 2 aromatic rings. The lowest BCUT2D eigenvalue weighted by Gasteiger charge is -2.15. The number of pyridine rings is 1. The lowest BCUT2D eigenvalue weighted by molar-refractivity contribution is -0.384. The molecule has 7 heteroatoms. The van der Waals surface area contributed by atoms with E-state index in [9.17, 15) is 20.3 Å². The van der Waals surface area contributed by atoms with E-state index in [1.165, 1.54) is 18.2 Å². The van der Waals surface area contributed by atoms with Gasteiger partial charge >= 0.3 is 0 Å². The molecule has 0 fully saturated rings. The van der Waals surface area contributed by atoms with Crippen LogP contribution in [0.15, 0.2) is 42.6 Å². The minimum absolute atomic E-state index is 0.00446. The summed E-state index contributed by atoms with van der Waals surface area (Å²) in [5.74, 6) is -0.0147. The molecule has 0 aliphatic carbocycles. The molecule has 2 rings (SSSR count). The highest BCUT2D eigenvalue weighted by molar-refractivity contribution is 5.42. The van der Waals surface area contributed by atoms with Crippen molar-refractivity contribution in [2.24, 2.45) is 5.92 Å². The number of nitrogens with zero attached hydrogens (tertiary/aromatic N) is 2. The van der Waals surface area contributed by atoms with E-state index in [-0.39, 0.29) is 30.5 Å². The Morgan fingerprint density at radius 2 is 2.13 bits per heavy atom. The van der Waals surface area contributed by atoms with Crippen LogP contribution in [0.25, 0.3) is 0 Å². The van der Waals surface area contributed by atoms with Crippen molar-refractivity contribution in [1.82, 2.24) is 10.3 Å². The minimum Gasteiger partial charge on any atom is -0.508 e. The third-order valence-corrected chi connectivity index (χ3v) is 3.50. The summed E-state index contributed by atoms with van der Waals surface area (Å²) in [6.07, 6.45) is 2.34. The fourth-order valence-corrected chi connectivity index (χ4v) is 2.25. The van der Waals surface area contributed by atoms with Gasteiger partial charge in [-0.05, 0) is 30.5 Å². The number of nitro groups is 1. The van der Waals surface area contributed by atoms with Gasteiger partial charge in [-0.25, -0.2) is 0 Å². The maximum absolute atomic E-state index is 10.8. The van der Waals surface area contributed by atoms with E-state index in [4.69, 9.17) is 0 Å². The van der Waals surface area contributed by atoms with E-state index >= 15 is 0 Å². The summed E-state index contributed by atoms with van der Waals surface area (Å²) in [4.78, 5) is 14.5. The SMILES string of the molecule is O=[N+]([O-])c1ccc(O)c(CNCC(CO)Cc2ccccn2)c1. The molecular formula is C16H19N3O4. The van der Waals surface area contributed by atoms with Gasteiger partial charge in [0.2, 0.25) is 0 Å². The van der Waals surface area contributed by atoms with Gasteiger partial charge in [-0.2, -0.15) is 0 Å². The van der Waals surface area contributed by atoms with Gasteiger partial charge in [0.25, 0.3) is 5.69 Å². The summed E-state index contributed by atoms with van der Waals surface area (Å²) in [5.41, 5.74) is 1.28. The number of aromatic hydroxyl groups is 1. The Hall–Kier alpha value is -2.51. The molecule has 1 atom stereocenters. The van der Waals surface area contributed by atoms with Crippen LogP contribution in [0.5, 0.6) is 5.75 Å². The molecule has 1 heterocycles. The Bertz CT molecular complexity index is 649. The number of hydrogen-bond acceptors (Lipinski definition) is 6. The second-order valence-electron chi connectivity index (χ2n) is 5.27. The summed E-state index contributed by atoms with van der Waals surface area (Å²) in [6, 6.07) is 9.54. The van der Waals surface area contributed by atoms with Crippen molar-refractivity contribution in [3.05, 3.63) is 64.0 Å². The van der Waals surface area contributed by atoms with E-state index in [0.29, 0.717) is 18.5 Å². The molecule has 3 N–H and O–H groups in total. The highest BCUT2D eigenvalue weighted by Crippen LogP contribution is 2.22. The standard InChI is InChI=1S/C16H19N3O4/c20-11-12(7-14-3-1-2-6-18-14)9-17-10-13-8-15(19(22)23)4-5-16(13)21/h1-6,8,12,17,20-21H,7,9-11H2. The van der Waals surface area contributed by atoms with Gasteiger partial charge in [0, 0.05) is 49.3 Å². The number of aliphatic hydroxyl groups excluding tert-OH is 1. The van der Waals surface area contributed by atoms with Crippen LogP contribution < -0.4 is 5.32 Å². The Balaban J connectivity index is 1.90. The Kier molecular flexibility index (Phi) is 6.02. The molecule has 1 unspecified atom stereocenters. The van der Waals surface area contributed by atoms with Gasteiger partial charge in [-0.15, -0.1) is 0 Å². The molecule has 0 bridgehead atoms. The van der Waals surface area contributed by atoms with Gasteiger partial charge < -0.3 is 15.5 Å². The Morgan fingerprint density at radius 3 is 2.78 bits per heavy atom. The van der Waals surface area contributed by atoms with Crippen molar-refractivity contribution >= 4 is 5.69 Å². The predicted molar refractivity (Wildman–Crippen MR) is 85.0 cm³/mol. The highest BCUT2D eigenvalue weighted by Gasteiger charge is 2.12. The number of aliphatic hydroxyl groups is 1. The Labute approximate surface area is 133 Å². The van der Waals surface area contributed by atoms with Crippen molar-refractivity contribution in [2.45, 2.75) is 13.0 Å². The summed E-state index contributed by atoms with van der Waals surface area (Å²) in [7, 11) is 0. The average molecular weight is 317 g/mol. The fraction of sp³-hybridized carbons (Fsp3) is 0.312. The molecule has 23 heavy (non-hydrogen) atoms. The number of nitrogens with one attached hydrogen (secondary N) is 1. The third-order valence-electron chi connectivity index (χ3n) is 3.50. The number of phenols is 1. The number of benzene rings is 1. The lowest BCUT2D eigenvalue weighted by atomic mass is 10.0. The molecule has 0 saturated heterocycles. The van der Waals surface area contributed by atoms with E-state index in [1.807, 2.05) is 18.2 Å². The first kappa shape index (κ1) is 16.9. The van der Waals surface area contributed by atoms with Crippen LogP contribution in [-0.4, -0.2) is 33.3 Å². The zero-order valence-electron chi connectivity index (χ0n) is 12.6. The van der Waals surface area contributed by atoms with Crippen LogP contribution in [0, 0.1) is 16.0 Å². The monoisotopic (exact) mass is 317 g/mol. The van der Waals surface area contributed by atoms with Crippen LogP contribution in [0.1, 0.15) is 11.3 Å². The summed E-state index contributed by atoms with van der Waals surface area (Å²) in [6.45, 7) is 0.798. The van der Waals surface area contributed by atoms with Crippen molar-refractivity contribution < 1.29 is 15.1 Å². The quantitative estimate of drug-likeness (QED) is 0.504. The maximum Gasteiger partial charge on any atom is 0.270 e.